The summed E-state index contributed by atoms with van der Waals surface area (Å²) < 4.78 is 0. The Labute approximate surface area is 127 Å². The van der Waals surface area contributed by atoms with Gasteiger partial charge in [0.05, 0.1) is 12.0 Å². The van der Waals surface area contributed by atoms with E-state index in [9.17, 15) is 9.59 Å². The molecule has 2 rings (SSSR count). The van der Waals surface area contributed by atoms with Gasteiger partial charge in [-0.25, -0.2) is 10.4 Å². The minimum Gasteiger partial charge on any atom is -0.310 e. The highest BCUT2D eigenvalue weighted by atomic mass is 16.2. The number of hydrogen-bond acceptors (Lipinski definition) is 5. The summed E-state index contributed by atoms with van der Waals surface area (Å²) in [4.78, 5) is 31.4. The summed E-state index contributed by atoms with van der Waals surface area (Å²) in [5, 5.41) is 6.53. The van der Waals surface area contributed by atoms with Crippen molar-refractivity contribution in [2.75, 3.05) is 5.32 Å². The molecule has 112 valence electrons. The van der Waals surface area contributed by atoms with Crippen LogP contribution in [-0.4, -0.2) is 27.5 Å². The Kier molecular flexibility index (Phi) is 5.31. The molecule has 0 bridgehead atoms. The van der Waals surface area contributed by atoms with Crippen molar-refractivity contribution in [2.45, 2.75) is 13.3 Å². The number of hydrazone groups is 1. The summed E-state index contributed by atoms with van der Waals surface area (Å²) in [6.45, 7) is 1.65. The molecule has 2 N–H and O–H groups in total. The third-order valence-corrected chi connectivity index (χ3v) is 2.62. The largest absolute Gasteiger partial charge is 0.310 e. The lowest BCUT2D eigenvalue weighted by molar-refractivity contribution is -0.115. The number of anilines is 1. The molecule has 0 spiro atoms. The zero-order chi connectivity index (χ0) is 15.8. The van der Waals surface area contributed by atoms with Crippen molar-refractivity contribution in [3.63, 3.8) is 0 Å². The number of nitrogens with zero attached hydrogens (tertiary/aromatic N) is 3. The average Bonchev–Trinajstić information content (AvgIpc) is 2.54. The molecule has 2 aromatic heterocycles. The second-order valence-corrected chi connectivity index (χ2v) is 4.47. The maximum Gasteiger partial charge on any atom is 0.272 e. The molecule has 7 heteroatoms. The highest BCUT2D eigenvalue weighted by Crippen LogP contribution is 2.01. The molecule has 0 saturated carbocycles. The third kappa shape index (κ3) is 4.78. The van der Waals surface area contributed by atoms with Crippen LogP contribution < -0.4 is 10.7 Å². The fourth-order valence-corrected chi connectivity index (χ4v) is 1.60. The van der Waals surface area contributed by atoms with Gasteiger partial charge in [-0.05, 0) is 31.2 Å². The molecule has 0 aromatic carbocycles. The number of rotatable bonds is 5. The van der Waals surface area contributed by atoms with Crippen LogP contribution in [0, 0.1) is 0 Å². The van der Waals surface area contributed by atoms with Gasteiger partial charge in [0, 0.05) is 24.3 Å². The van der Waals surface area contributed by atoms with E-state index in [2.05, 4.69) is 25.8 Å². The zero-order valence-electron chi connectivity index (χ0n) is 12.0. The van der Waals surface area contributed by atoms with Gasteiger partial charge in [-0.15, -0.1) is 0 Å². The van der Waals surface area contributed by atoms with E-state index in [1.165, 1.54) is 6.20 Å². The van der Waals surface area contributed by atoms with E-state index < -0.39 is 0 Å². The normalized spacial score (nSPS) is 10.9. The molecule has 22 heavy (non-hydrogen) atoms. The van der Waals surface area contributed by atoms with Crippen LogP contribution in [0.2, 0.25) is 0 Å². The monoisotopic (exact) mass is 297 g/mol. The molecule has 2 aromatic rings. The smallest absolute Gasteiger partial charge is 0.272 e. The zero-order valence-corrected chi connectivity index (χ0v) is 12.0. The first-order chi connectivity index (χ1) is 10.6. The lowest BCUT2D eigenvalue weighted by Crippen LogP contribution is -2.21. The maximum absolute atomic E-state index is 11.8. The Morgan fingerprint density at radius 3 is 2.73 bits per heavy atom. The van der Waals surface area contributed by atoms with Gasteiger partial charge in [0.15, 0.2) is 0 Å². The summed E-state index contributed by atoms with van der Waals surface area (Å²) in [6.07, 6.45) is 4.66. The molecule has 7 nitrogen and oxygen atoms in total. The number of carbonyl (C=O) groups excluding carboxylic acids is 2. The van der Waals surface area contributed by atoms with Crippen LogP contribution in [0.3, 0.4) is 0 Å². The second-order valence-electron chi connectivity index (χ2n) is 4.47. The minimum atomic E-state index is -0.377. The fraction of sp³-hybridized carbons (Fsp3) is 0.133. The molecule has 0 atom stereocenters. The summed E-state index contributed by atoms with van der Waals surface area (Å²) >= 11 is 0. The Hall–Kier alpha value is -3.09. The molecule has 0 aliphatic heterocycles. The Bertz CT molecular complexity index is 671. The molecular weight excluding hydrogens is 282 g/mol. The Morgan fingerprint density at radius 1 is 1.18 bits per heavy atom. The van der Waals surface area contributed by atoms with Crippen LogP contribution in [0.4, 0.5) is 5.82 Å². The van der Waals surface area contributed by atoms with Crippen molar-refractivity contribution in [3.05, 3.63) is 54.5 Å². The maximum atomic E-state index is 11.8. The Balaban J connectivity index is 1.85. The van der Waals surface area contributed by atoms with E-state index >= 15 is 0 Å². The number of amides is 2. The van der Waals surface area contributed by atoms with Gasteiger partial charge in [0.2, 0.25) is 5.91 Å². The lowest BCUT2D eigenvalue weighted by atomic mass is 10.3. The summed E-state index contributed by atoms with van der Waals surface area (Å²) in [5.41, 5.74) is 3.26. The first-order valence-corrected chi connectivity index (χ1v) is 6.59. The number of carbonyl (C=O) groups is 2. The van der Waals surface area contributed by atoms with Gasteiger partial charge < -0.3 is 5.32 Å². The number of aromatic nitrogens is 2. The molecule has 0 aliphatic rings. The van der Waals surface area contributed by atoms with Crippen molar-refractivity contribution >= 4 is 23.3 Å². The van der Waals surface area contributed by atoms with Crippen molar-refractivity contribution in [1.82, 2.24) is 15.4 Å². The van der Waals surface area contributed by atoms with Crippen LogP contribution in [-0.2, 0) is 4.79 Å². The highest BCUT2D eigenvalue weighted by molar-refractivity contribution is 6.05. The summed E-state index contributed by atoms with van der Waals surface area (Å²) in [5.74, 6) is -0.159. The van der Waals surface area contributed by atoms with E-state index in [0.29, 0.717) is 17.1 Å². The van der Waals surface area contributed by atoms with Gasteiger partial charge in [0.1, 0.15) is 5.82 Å². The van der Waals surface area contributed by atoms with Crippen LogP contribution in [0.15, 0.2) is 54.0 Å². The number of pyridine rings is 2. The molecule has 0 radical (unpaired) electrons. The number of hydrogen-bond donors (Lipinski definition) is 2. The van der Waals surface area contributed by atoms with Gasteiger partial charge in [0.25, 0.3) is 5.91 Å². The summed E-state index contributed by atoms with van der Waals surface area (Å²) in [7, 11) is 0. The van der Waals surface area contributed by atoms with Crippen molar-refractivity contribution < 1.29 is 9.59 Å². The van der Waals surface area contributed by atoms with Crippen molar-refractivity contribution in [1.29, 1.82) is 0 Å². The van der Waals surface area contributed by atoms with Gasteiger partial charge >= 0.3 is 0 Å². The summed E-state index contributed by atoms with van der Waals surface area (Å²) in [6, 6.07) is 8.51. The van der Waals surface area contributed by atoms with Crippen molar-refractivity contribution in [3.8, 4) is 0 Å². The van der Waals surface area contributed by atoms with Crippen LogP contribution in [0.1, 0.15) is 23.7 Å². The lowest BCUT2D eigenvalue weighted by Gasteiger charge is -2.04. The van der Waals surface area contributed by atoms with Gasteiger partial charge in [-0.2, -0.15) is 5.10 Å². The molecule has 0 fully saturated rings. The van der Waals surface area contributed by atoms with Crippen LogP contribution in [0.25, 0.3) is 0 Å². The van der Waals surface area contributed by atoms with Gasteiger partial charge in [-0.3, -0.25) is 14.6 Å². The van der Waals surface area contributed by atoms with Crippen molar-refractivity contribution in [2.24, 2.45) is 5.10 Å². The molecule has 0 saturated heterocycles. The molecule has 2 amide bonds. The van der Waals surface area contributed by atoms with Crippen LogP contribution >= 0.6 is 0 Å². The first-order valence-electron chi connectivity index (χ1n) is 6.59. The second kappa shape index (κ2) is 7.63. The topological polar surface area (TPSA) is 96.3 Å². The van der Waals surface area contributed by atoms with E-state index in [0.717, 1.165) is 0 Å². The molecule has 2 heterocycles. The average molecular weight is 297 g/mol. The third-order valence-electron chi connectivity index (χ3n) is 2.62. The molecular formula is C15H15N5O2. The van der Waals surface area contributed by atoms with E-state index in [4.69, 9.17) is 0 Å². The standard InChI is InChI=1S/C15H15N5O2/c1-11(9-14(21)18-13-6-2-3-8-17-13)19-20-15(22)12-5-4-7-16-10-12/h2-8,10H,9H2,1H3,(H,20,22)(H,17,18,21). The first kappa shape index (κ1) is 15.3. The predicted molar refractivity (Wildman–Crippen MR) is 82.3 cm³/mol. The fourth-order valence-electron chi connectivity index (χ4n) is 1.60. The molecule has 0 unspecified atom stereocenters. The highest BCUT2D eigenvalue weighted by Gasteiger charge is 2.07. The molecule has 0 aliphatic carbocycles. The van der Waals surface area contributed by atoms with Crippen LogP contribution in [0.5, 0.6) is 0 Å². The number of nitrogens with one attached hydrogen (secondary N) is 2. The van der Waals surface area contributed by atoms with E-state index in [1.807, 2.05) is 0 Å². The quantitative estimate of drug-likeness (QED) is 0.647. The van der Waals surface area contributed by atoms with E-state index in [1.54, 1.807) is 49.6 Å². The van der Waals surface area contributed by atoms with Gasteiger partial charge in [-0.1, -0.05) is 6.07 Å². The van der Waals surface area contributed by atoms with E-state index in [-0.39, 0.29) is 18.2 Å². The minimum absolute atomic E-state index is 0.0594. The Morgan fingerprint density at radius 2 is 2.05 bits per heavy atom. The SMILES string of the molecule is CC(CC(=O)Nc1ccccn1)=NNC(=O)c1cccnc1. The predicted octanol–water partition coefficient (Wildman–Crippen LogP) is 1.61.